The SMILES string of the molecule is Cc1nn(-c2ccc(F)cc2)c(Cl)c1/C=C/C(=O)Nc1ccc(Oc2cccc(C(N)=O)c2)nc1. The molecule has 35 heavy (non-hydrogen) atoms. The second-order valence-corrected chi connectivity index (χ2v) is 7.74. The Balaban J connectivity index is 1.41. The maximum Gasteiger partial charge on any atom is 0.248 e. The average molecular weight is 492 g/mol. The highest BCUT2D eigenvalue weighted by Gasteiger charge is 2.13. The number of anilines is 1. The van der Waals surface area contributed by atoms with E-state index in [1.54, 1.807) is 55.5 Å². The largest absolute Gasteiger partial charge is 0.439 e. The molecule has 2 aromatic heterocycles. The summed E-state index contributed by atoms with van der Waals surface area (Å²) in [4.78, 5) is 27.8. The van der Waals surface area contributed by atoms with Crippen molar-refractivity contribution in [3.63, 3.8) is 0 Å². The number of nitrogens with two attached hydrogens (primary N) is 1. The van der Waals surface area contributed by atoms with Crippen LogP contribution in [0.1, 0.15) is 21.6 Å². The molecule has 0 aliphatic carbocycles. The van der Waals surface area contributed by atoms with Crippen LogP contribution in [-0.4, -0.2) is 26.6 Å². The van der Waals surface area contributed by atoms with Crippen molar-refractivity contribution >= 4 is 35.2 Å². The van der Waals surface area contributed by atoms with Crippen molar-refractivity contribution in [1.29, 1.82) is 0 Å². The van der Waals surface area contributed by atoms with Gasteiger partial charge in [0.1, 0.15) is 16.7 Å². The molecule has 4 aromatic rings. The second-order valence-electron chi connectivity index (χ2n) is 7.38. The van der Waals surface area contributed by atoms with Gasteiger partial charge in [0, 0.05) is 23.3 Å². The van der Waals surface area contributed by atoms with E-state index in [2.05, 4.69) is 15.4 Å². The molecular formula is C25H19ClFN5O3. The zero-order valence-corrected chi connectivity index (χ0v) is 19.2. The molecule has 0 fully saturated rings. The summed E-state index contributed by atoms with van der Waals surface area (Å²) in [5, 5.41) is 7.35. The molecule has 0 radical (unpaired) electrons. The number of hydrogen-bond donors (Lipinski definition) is 2. The topological polar surface area (TPSA) is 112 Å². The van der Waals surface area contributed by atoms with E-state index >= 15 is 0 Å². The Morgan fingerprint density at radius 3 is 2.60 bits per heavy atom. The Kier molecular flexibility index (Phi) is 6.88. The lowest BCUT2D eigenvalue weighted by Gasteiger charge is -2.07. The number of aryl methyl sites for hydroxylation is 1. The Morgan fingerprint density at radius 1 is 1.14 bits per heavy atom. The van der Waals surface area contributed by atoms with Crippen molar-refractivity contribution in [2.45, 2.75) is 6.92 Å². The molecule has 4 rings (SSSR count). The van der Waals surface area contributed by atoms with Crippen molar-refractivity contribution in [3.05, 3.63) is 101 Å². The molecule has 0 unspecified atom stereocenters. The highest BCUT2D eigenvalue weighted by atomic mass is 35.5. The molecule has 3 N–H and O–H groups in total. The number of primary amides is 1. The molecule has 8 nitrogen and oxygen atoms in total. The number of benzene rings is 2. The fourth-order valence-corrected chi connectivity index (χ4v) is 3.48. The number of pyridine rings is 1. The number of ether oxygens (including phenoxy) is 1. The van der Waals surface area contributed by atoms with Gasteiger partial charge in [-0.1, -0.05) is 17.7 Å². The molecule has 0 atom stereocenters. The molecule has 2 aromatic carbocycles. The maximum absolute atomic E-state index is 13.2. The molecule has 0 bridgehead atoms. The van der Waals surface area contributed by atoms with Crippen molar-refractivity contribution in [3.8, 4) is 17.3 Å². The summed E-state index contributed by atoms with van der Waals surface area (Å²) in [6.45, 7) is 1.76. The standard InChI is InChI=1S/C25H19ClFN5O3/c1-15-21(24(26)32(31-15)19-8-5-17(27)6-9-19)10-11-22(33)30-18-7-12-23(29-14-18)35-20-4-2-3-16(13-20)25(28)34/h2-14H,1H3,(H2,28,34)(H,30,33)/b11-10+. The minimum atomic E-state index is -0.561. The molecular weight excluding hydrogens is 473 g/mol. The summed E-state index contributed by atoms with van der Waals surface area (Å²) in [5.41, 5.74) is 7.80. The zero-order valence-electron chi connectivity index (χ0n) is 18.4. The van der Waals surface area contributed by atoms with Crippen LogP contribution in [-0.2, 0) is 4.79 Å². The Morgan fingerprint density at radius 2 is 1.91 bits per heavy atom. The third-order valence-electron chi connectivity index (χ3n) is 4.87. The quantitative estimate of drug-likeness (QED) is 0.357. The van der Waals surface area contributed by atoms with E-state index in [-0.39, 0.29) is 11.7 Å². The van der Waals surface area contributed by atoms with E-state index in [0.717, 1.165) is 0 Å². The molecule has 0 aliphatic heterocycles. The van der Waals surface area contributed by atoms with Crippen molar-refractivity contribution < 1.29 is 18.7 Å². The van der Waals surface area contributed by atoms with Crippen LogP contribution in [0.2, 0.25) is 5.15 Å². The normalized spacial score (nSPS) is 10.9. The second kappa shape index (κ2) is 10.2. The molecule has 0 aliphatic rings. The van der Waals surface area contributed by atoms with Crippen LogP contribution in [0.15, 0.2) is 72.9 Å². The zero-order chi connectivity index (χ0) is 24.9. The number of aromatic nitrogens is 3. The smallest absolute Gasteiger partial charge is 0.248 e. The van der Waals surface area contributed by atoms with Crippen molar-refractivity contribution in [2.24, 2.45) is 5.73 Å². The van der Waals surface area contributed by atoms with E-state index in [9.17, 15) is 14.0 Å². The lowest BCUT2D eigenvalue weighted by Crippen LogP contribution is -2.10. The van der Waals surface area contributed by atoms with E-state index < -0.39 is 11.8 Å². The molecule has 0 spiro atoms. The summed E-state index contributed by atoms with van der Waals surface area (Å²) in [6, 6.07) is 15.3. The van der Waals surface area contributed by atoms with Crippen LogP contribution in [0.5, 0.6) is 11.6 Å². The Hall–Kier alpha value is -4.50. The molecule has 0 saturated carbocycles. The molecule has 0 saturated heterocycles. The van der Waals surface area contributed by atoms with Gasteiger partial charge in [0.05, 0.1) is 23.3 Å². The third kappa shape index (κ3) is 5.71. The van der Waals surface area contributed by atoms with Gasteiger partial charge >= 0.3 is 0 Å². The van der Waals surface area contributed by atoms with Crippen LogP contribution >= 0.6 is 11.6 Å². The number of halogens is 2. The van der Waals surface area contributed by atoms with Crippen LogP contribution < -0.4 is 15.8 Å². The summed E-state index contributed by atoms with van der Waals surface area (Å²) >= 11 is 6.43. The van der Waals surface area contributed by atoms with Crippen LogP contribution in [0.4, 0.5) is 10.1 Å². The Labute approximate surface area is 204 Å². The summed E-state index contributed by atoms with van der Waals surface area (Å²) in [7, 11) is 0. The van der Waals surface area contributed by atoms with E-state index in [1.165, 1.54) is 35.2 Å². The predicted octanol–water partition coefficient (Wildman–Crippen LogP) is 4.91. The fourth-order valence-electron chi connectivity index (χ4n) is 3.15. The van der Waals surface area contributed by atoms with Crippen molar-refractivity contribution in [2.75, 3.05) is 5.32 Å². The number of carbonyl (C=O) groups is 2. The van der Waals surface area contributed by atoms with E-state index in [4.69, 9.17) is 22.1 Å². The summed E-state index contributed by atoms with van der Waals surface area (Å²) < 4.78 is 20.3. The van der Waals surface area contributed by atoms with Gasteiger partial charge in [0.15, 0.2) is 0 Å². The predicted molar refractivity (Wildman–Crippen MR) is 130 cm³/mol. The number of hydrogen-bond acceptors (Lipinski definition) is 5. The van der Waals surface area contributed by atoms with Gasteiger partial charge in [-0.2, -0.15) is 5.10 Å². The summed E-state index contributed by atoms with van der Waals surface area (Å²) in [5.74, 6) is -0.650. The van der Waals surface area contributed by atoms with Gasteiger partial charge < -0.3 is 15.8 Å². The van der Waals surface area contributed by atoms with E-state index in [0.29, 0.717) is 39.1 Å². The van der Waals surface area contributed by atoms with Gasteiger partial charge in [0.25, 0.3) is 0 Å². The highest BCUT2D eigenvalue weighted by Crippen LogP contribution is 2.25. The first kappa shape index (κ1) is 23.7. The molecule has 2 heterocycles. The van der Waals surface area contributed by atoms with Crippen LogP contribution in [0, 0.1) is 12.7 Å². The van der Waals surface area contributed by atoms with Gasteiger partial charge in [-0.15, -0.1) is 0 Å². The number of rotatable bonds is 7. The molecule has 176 valence electrons. The van der Waals surface area contributed by atoms with Crippen molar-refractivity contribution in [1.82, 2.24) is 14.8 Å². The molecule has 10 heteroatoms. The average Bonchev–Trinajstić information content (AvgIpc) is 3.12. The van der Waals surface area contributed by atoms with Crippen LogP contribution in [0.3, 0.4) is 0 Å². The third-order valence-corrected chi connectivity index (χ3v) is 5.23. The summed E-state index contributed by atoms with van der Waals surface area (Å²) in [6.07, 6.45) is 4.31. The lowest BCUT2D eigenvalue weighted by atomic mass is 10.2. The monoisotopic (exact) mass is 491 g/mol. The minimum absolute atomic E-state index is 0.274. The van der Waals surface area contributed by atoms with Gasteiger partial charge in [-0.05, 0) is 61.5 Å². The first-order chi connectivity index (χ1) is 16.8. The highest BCUT2D eigenvalue weighted by molar-refractivity contribution is 6.31. The lowest BCUT2D eigenvalue weighted by molar-refractivity contribution is -0.111. The fraction of sp³-hybridized carbons (Fsp3) is 0.0400. The first-order valence-electron chi connectivity index (χ1n) is 10.3. The maximum atomic E-state index is 13.2. The minimum Gasteiger partial charge on any atom is -0.439 e. The van der Waals surface area contributed by atoms with Gasteiger partial charge in [0.2, 0.25) is 17.7 Å². The number of nitrogens with one attached hydrogen (secondary N) is 1. The number of carbonyl (C=O) groups excluding carboxylic acids is 2. The van der Waals surface area contributed by atoms with Crippen LogP contribution in [0.25, 0.3) is 11.8 Å². The molecule has 2 amide bonds. The number of nitrogens with zero attached hydrogens (tertiary/aromatic N) is 3. The van der Waals surface area contributed by atoms with E-state index in [1.807, 2.05) is 0 Å². The number of amides is 2. The Bertz CT molecular complexity index is 1420. The van der Waals surface area contributed by atoms with Gasteiger partial charge in [-0.25, -0.2) is 14.1 Å². The first-order valence-corrected chi connectivity index (χ1v) is 10.7. The van der Waals surface area contributed by atoms with Gasteiger partial charge in [-0.3, -0.25) is 9.59 Å².